The largest absolute Gasteiger partial charge is 0.744 e. The molecule has 7 nitrogen and oxygen atoms in total. The Bertz CT molecular complexity index is 1220. The fourth-order valence-electron chi connectivity index (χ4n) is 3.16. The van der Waals surface area contributed by atoms with E-state index in [1.54, 1.807) is 69.5 Å². The molecule has 13 heteroatoms. The van der Waals surface area contributed by atoms with Gasteiger partial charge in [-0.2, -0.15) is 0 Å². The van der Waals surface area contributed by atoms with Gasteiger partial charge in [-0.05, 0) is 114 Å². The second-order valence-electron chi connectivity index (χ2n) is 6.87. The molecule has 0 amide bonds. The predicted octanol–water partition coefficient (Wildman–Crippen LogP) is 6.18. The molecule has 3 rings (SSSR count). The fraction of sp³-hybridized carbons (Fsp3) is 0.200. The van der Waals surface area contributed by atoms with Crippen LogP contribution in [0.15, 0.2) is 54.7 Å². The van der Waals surface area contributed by atoms with Gasteiger partial charge in [0.05, 0.1) is 25.7 Å². The summed E-state index contributed by atoms with van der Waals surface area (Å²) in [7, 11) is -4.68. The van der Waals surface area contributed by atoms with E-state index < -0.39 is 33.9 Å². The van der Waals surface area contributed by atoms with Crippen molar-refractivity contribution in [3.8, 4) is 11.5 Å². The lowest BCUT2D eigenvalue weighted by atomic mass is 9.83. The fourth-order valence-corrected chi connectivity index (χ4v) is 9.51. The highest BCUT2D eigenvalue weighted by Crippen LogP contribution is 2.38. The van der Waals surface area contributed by atoms with Gasteiger partial charge in [0.15, 0.2) is 5.75 Å². The summed E-state index contributed by atoms with van der Waals surface area (Å²) in [6.45, 7) is 0. The second kappa shape index (κ2) is 11.3. The third-order valence-corrected chi connectivity index (χ3v) is 9.65. The third kappa shape index (κ3) is 6.78. The van der Waals surface area contributed by atoms with Crippen molar-refractivity contribution in [3.05, 3.63) is 57.0 Å². The minimum Gasteiger partial charge on any atom is -0.744 e. The number of ether oxygens (including phenoxy) is 2. The Morgan fingerprint density at radius 1 is 0.879 bits per heavy atom. The van der Waals surface area contributed by atoms with Crippen LogP contribution in [-0.4, -0.2) is 24.9 Å². The van der Waals surface area contributed by atoms with Crippen LogP contribution in [0, 0.1) is 19.0 Å². The molecule has 1 aliphatic rings. The van der Waals surface area contributed by atoms with E-state index in [1.807, 2.05) is 0 Å². The molecule has 0 saturated carbocycles. The van der Waals surface area contributed by atoms with Crippen LogP contribution >= 0.6 is 93.0 Å². The van der Waals surface area contributed by atoms with E-state index in [4.69, 9.17) is 9.47 Å². The topological polar surface area (TPSA) is 110 Å². The average Bonchev–Trinajstić information content (AvgIpc) is 2.68. The molecule has 1 aliphatic carbocycles. The summed E-state index contributed by atoms with van der Waals surface area (Å²) in [5.74, 6) is -2.43. The summed E-state index contributed by atoms with van der Waals surface area (Å²) in [5, 5.41) is 0. The van der Waals surface area contributed by atoms with Crippen molar-refractivity contribution >= 4 is 115 Å². The highest BCUT2D eigenvalue weighted by Gasteiger charge is 2.37. The van der Waals surface area contributed by atoms with E-state index in [1.165, 1.54) is 12.1 Å². The van der Waals surface area contributed by atoms with Gasteiger partial charge in [-0.1, -0.05) is 28.1 Å². The standard InChI is InChI=1S/C20H13Br3I2O7S/c21-9-5-13(22)17(14(23)6-9)32-20(27)12-4-2-1-3-11(12)19(26)31-10-7-15(24)18(16(25)8-10)33(28,29)30/h1-2,5-8,11-12H,3-4H2,(H,28,29,30)/p-1. The van der Waals surface area contributed by atoms with Crippen LogP contribution < -0.4 is 9.47 Å². The Hall–Kier alpha value is -0.0700. The third-order valence-electron chi connectivity index (χ3n) is 4.64. The van der Waals surface area contributed by atoms with Crippen LogP contribution in [0.2, 0.25) is 0 Å². The van der Waals surface area contributed by atoms with Gasteiger partial charge in [0.2, 0.25) is 0 Å². The van der Waals surface area contributed by atoms with Crippen molar-refractivity contribution < 1.29 is 32.0 Å². The predicted molar refractivity (Wildman–Crippen MR) is 146 cm³/mol. The minimum atomic E-state index is -4.68. The maximum Gasteiger partial charge on any atom is 0.315 e. The summed E-state index contributed by atoms with van der Waals surface area (Å²) in [5.41, 5.74) is 0. The molecule has 0 saturated heterocycles. The quantitative estimate of drug-likeness (QED) is 0.116. The molecule has 2 unspecified atom stereocenters. The number of hydrogen-bond acceptors (Lipinski definition) is 7. The Morgan fingerprint density at radius 3 is 1.79 bits per heavy atom. The Morgan fingerprint density at radius 2 is 1.33 bits per heavy atom. The van der Waals surface area contributed by atoms with Crippen molar-refractivity contribution in [2.24, 2.45) is 11.8 Å². The zero-order chi connectivity index (χ0) is 24.5. The summed E-state index contributed by atoms with van der Waals surface area (Å²) in [6, 6.07) is 6.06. The summed E-state index contributed by atoms with van der Waals surface area (Å²) >= 11 is 13.5. The summed E-state index contributed by atoms with van der Waals surface area (Å²) in [6.07, 6.45) is 4.18. The van der Waals surface area contributed by atoms with Gasteiger partial charge in [0, 0.05) is 11.6 Å². The smallest absolute Gasteiger partial charge is 0.315 e. The zero-order valence-corrected chi connectivity index (χ0v) is 26.1. The van der Waals surface area contributed by atoms with E-state index in [9.17, 15) is 22.6 Å². The lowest BCUT2D eigenvalue weighted by molar-refractivity contribution is -0.150. The minimum absolute atomic E-state index is 0.0845. The van der Waals surface area contributed by atoms with Gasteiger partial charge < -0.3 is 14.0 Å². The molecule has 0 bridgehead atoms. The van der Waals surface area contributed by atoms with E-state index in [2.05, 4.69) is 47.8 Å². The number of hydrogen-bond donors (Lipinski definition) is 0. The van der Waals surface area contributed by atoms with Gasteiger partial charge in [-0.3, -0.25) is 9.59 Å². The average molecular weight is 890 g/mol. The highest BCUT2D eigenvalue weighted by molar-refractivity contribution is 14.1. The zero-order valence-electron chi connectivity index (χ0n) is 16.2. The van der Waals surface area contributed by atoms with Gasteiger partial charge >= 0.3 is 11.9 Å². The van der Waals surface area contributed by atoms with E-state index in [0.717, 1.165) is 4.47 Å². The summed E-state index contributed by atoms with van der Waals surface area (Å²) in [4.78, 5) is 25.5. The Labute approximate surface area is 242 Å². The number of halogens is 5. The first-order valence-electron chi connectivity index (χ1n) is 9.06. The molecule has 2 atom stereocenters. The van der Waals surface area contributed by atoms with Gasteiger partial charge in [0.1, 0.15) is 15.9 Å². The number of esters is 2. The van der Waals surface area contributed by atoms with Crippen molar-refractivity contribution in [2.45, 2.75) is 17.7 Å². The number of rotatable bonds is 5. The first kappa shape index (κ1) is 27.5. The van der Waals surface area contributed by atoms with E-state index >= 15 is 0 Å². The molecular formula is C20H12Br3I2O7S-. The van der Waals surface area contributed by atoms with Crippen LogP contribution in [0.4, 0.5) is 0 Å². The first-order valence-corrected chi connectivity index (χ1v) is 15.0. The lowest BCUT2D eigenvalue weighted by Gasteiger charge is -2.25. The van der Waals surface area contributed by atoms with E-state index in [0.29, 0.717) is 21.1 Å². The number of carbonyl (C=O) groups is 2. The highest BCUT2D eigenvalue weighted by atomic mass is 127. The number of carbonyl (C=O) groups excluding carboxylic acids is 2. The molecule has 0 heterocycles. The molecule has 0 aromatic heterocycles. The molecule has 0 aliphatic heterocycles. The Kier molecular flexibility index (Phi) is 9.44. The normalized spacial score (nSPS) is 18.1. The van der Waals surface area contributed by atoms with Crippen molar-refractivity contribution in [1.82, 2.24) is 0 Å². The Balaban J connectivity index is 1.81. The van der Waals surface area contributed by atoms with Crippen LogP contribution in [0.1, 0.15) is 12.8 Å². The van der Waals surface area contributed by atoms with Crippen LogP contribution in [0.25, 0.3) is 0 Å². The van der Waals surface area contributed by atoms with E-state index in [-0.39, 0.29) is 24.2 Å². The molecule has 0 N–H and O–H groups in total. The second-order valence-corrected chi connectivity index (χ2v) is 13.1. The van der Waals surface area contributed by atoms with Crippen LogP contribution in [-0.2, 0) is 19.7 Å². The SMILES string of the molecule is O=C(Oc1cc(I)c(S(=O)(=O)[O-])c(I)c1)C1CC=CCC1C(=O)Oc1c(Br)cc(Br)cc1Br. The van der Waals surface area contributed by atoms with Gasteiger partial charge in [-0.15, -0.1) is 0 Å². The van der Waals surface area contributed by atoms with Crippen molar-refractivity contribution in [3.63, 3.8) is 0 Å². The van der Waals surface area contributed by atoms with Crippen molar-refractivity contribution in [1.29, 1.82) is 0 Å². The number of allylic oxidation sites excluding steroid dienone is 2. The van der Waals surface area contributed by atoms with Gasteiger partial charge in [0.25, 0.3) is 0 Å². The monoisotopic (exact) mass is 887 g/mol. The maximum absolute atomic E-state index is 13.0. The van der Waals surface area contributed by atoms with Crippen molar-refractivity contribution in [2.75, 3.05) is 0 Å². The van der Waals surface area contributed by atoms with Crippen LogP contribution in [0.3, 0.4) is 0 Å². The maximum atomic E-state index is 13.0. The molecular weight excluding hydrogens is 878 g/mol. The molecule has 0 radical (unpaired) electrons. The lowest BCUT2D eigenvalue weighted by Crippen LogP contribution is -2.36. The molecule has 2 aromatic carbocycles. The first-order chi connectivity index (χ1) is 15.4. The molecule has 0 spiro atoms. The molecule has 33 heavy (non-hydrogen) atoms. The van der Waals surface area contributed by atoms with Crippen LogP contribution in [0.5, 0.6) is 11.5 Å². The molecule has 0 fully saturated rings. The molecule has 2 aromatic rings. The summed E-state index contributed by atoms with van der Waals surface area (Å²) < 4.78 is 47.6. The number of benzene rings is 2. The van der Waals surface area contributed by atoms with Gasteiger partial charge in [-0.25, -0.2) is 8.42 Å². The molecule has 176 valence electrons.